The fraction of sp³-hybridized carbons (Fsp3) is 0.444. The van der Waals surface area contributed by atoms with Crippen molar-refractivity contribution in [2.45, 2.75) is 52.6 Å². The zero-order valence-corrected chi connectivity index (χ0v) is 14.5. The lowest BCUT2D eigenvalue weighted by Crippen LogP contribution is -2.44. The molecule has 0 aromatic heterocycles. The van der Waals surface area contributed by atoms with Crippen LogP contribution in [0.5, 0.6) is 5.75 Å². The van der Waals surface area contributed by atoms with Crippen molar-refractivity contribution in [2.75, 3.05) is 0 Å². The second-order valence-corrected chi connectivity index (χ2v) is 11.8. The predicted octanol–water partition coefficient (Wildman–Crippen LogP) is 4.34. The normalized spacial score (nSPS) is 15.6. The van der Waals surface area contributed by atoms with E-state index in [4.69, 9.17) is 0 Å². The molecule has 1 nitrogen and oxygen atoms in total. The van der Waals surface area contributed by atoms with Crippen LogP contribution in [0.4, 0.5) is 0 Å². The minimum absolute atomic E-state index is 0.0301. The molecule has 0 amide bonds. The van der Waals surface area contributed by atoms with Gasteiger partial charge in [-0.3, -0.25) is 0 Å². The van der Waals surface area contributed by atoms with Gasteiger partial charge in [-0.2, -0.15) is 0 Å². The summed E-state index contributed by atoms with van der Waals surface area (Å²) in [5.74, 6) is 0.521. The number of allylic oxidation sites excluding steroid dienone is 4. The summed E-state index contributed by atoms with van der Waals surface area (Å²) < 4.78 is 0. The third kappa shape index (κ3) is 2.62. The van der Waals surface area contributed by atoms with Crippen molar-refractivity contribution in [3.63, 3.8) is 0 Å². The Labute approximate surface area is 124 Å². The molecule has 1 aromatic rings. The van der Waals surface area contributed by atoms with Gasteiger partial charge < -0.3 is 5.11 Å². The average molecular weight is 286 g/mol. The SMILES string of the molecule is Cc1cc(C(C)(C)C)c(O)c([Si](C)(C)C2=CC=CC2)c1. The molecule has 20 heavy (non-hydrogen) atoms. The molecule has 0 fully saturated rings. The maximum Gasteiger partial charge on any atom is 0.118 e. The highest BCUT2D eigenvalue weighted by Crippen LogP contribution is 2.34. The smallest absolute Gasteiger partial charge is 0.118 e. The van der Waals surface area contributed by atoms with Gasteiger partial charge in [0.15, 0.2) is 0 Å². The van der Waals surface area contributed by atoms with Gasteiger partial charge in [0.1, 0.15) is 13.8 Å². The number of aromatic hydroxyl groups is 1. The van der Waals surface area contributed by atoms with E-state index in [-0.39, 0.29) is 5.41 Å². The third-order valence-electron chi connectivity index (χ3n) is 4.31. The molecule has 0 spiro atoms. The van der Waals surface area contributed by atoms with Crippen molar-refractivity contribution < 1.29 is 5.11 Å². The minimum atomic E-state index is -1.78. The zero-order chi connectivity index (χ0) is 15.1. The molecule has 0 bridgehead atoms. The second kappa shape index (κ2) is 4.92. The first-order valence-electron chi connectivity index (χ1n) is 7.35. The number of phenolic OH excluding ortho intramolecular Hbond substituents is 1. The molecule has 0 unspecified atom stereocenters. The molecular weight excluding hydrogens is 260 g/mol. The van der Waals surface area contributed by atoms with Gasteiger partial charge in [-0.25, -0.2) is 0 Å². The van der Waals surface area contributed by atoms with Crippen LogP contribution in [0.25, 0.3) is 0 Å². The van der Waals surface area contributed by atoms with E-state index in [9.17, 15) is 5.11 Å². The number of benzene rings is 1. The van der Waals surface area contributed by atoms with Crippen LogP contribution in [0.1, 0.15) is 38.3 Å². The van der Waals surface area contributed by atoms with Gasteiger partial charge in [-0.15, -0.1) is 0 Å². The van der Waals surface area contributed by atoms with Crippen LogP contribution in [0.2, 0.25) is 13.1 Å². The Morgan fingerprint density at radius 1 is 1.15 bits per heavy atom. The summed E-state index contributed by atoms with van der Waals surface area (Å²) >= 11 is 0. The Bertz CT molecular complexity index is 586. The van der Waals surface area contributed by atoms with E-state index in [0.717, 1.165) is 12.0 Å². The van der Waals surface area contributed by atoms with Crippen molar-refractivity contribution >= 4 is 13.3 Å². The van der Waals surface area contributed by atoms with Crippen molar-refractivity contribution in [1.82, 2.24) is 0 Å². The van der Waals surface area contributed by atoms with E-state index in [1.165, 1.54) is 15.9 Å². The lowest BCUT2D eigenvalue weighted by atomic mass is 9.85. The fourth-order valence-electron chi connectivity index (χ4n) is 2.91. The number of rotatable bonds is 2. The number of hydrogen-bond donors (Lipinski definition) is 1. The van der Waals surface area contributed by atoms with Crippen LogP contribution >= 0.6 is 0 Å². The molecule has 1 aromatic carbocycles. The molecule has 0 radical (unpaired) electrons. The Morgan fingerprint density at radius 3 is 2.30 bits per heavy atom. The lowest BCUT2D eigenvalue weighted by molar-refractivity contribution is 0.450. The van der Waals surface area contributed by atoms with E-state index in [1.54, 1.807) is 0 Å². The molecule has 0 saturated heterocycles. The van der Waals surface area contributed by atoms with Crippen molar-refractivity contribution in [1.29, 1.82) is 0 Å². The largest absolute Gasteiger partial charge is 0.508 e. The van der Waals surface area contributed by atoms with Gasteiger partial charge in [0.05, 0.1) is 0 Å². The molecule has 0 aliphatic heterocycles. The molecular formula is C18H26OSi. The Hall–Kier alpha value is -1.28. The van der Waals surface area contributed by atoms with E-state index in [2.05, 4.69) is 71.1 Å². The number of aryl methyl sites for hydroxylation is 1. The third-order valence-corrected chi connectivity index (χ3v) is 8.01. The summed E-state index contributed by atoms with van der Waals surface area (Å²) in [7, 11) is -1.78. The summed E-state index contributed by atoms with van der Waals surface area (Å²) in [4.78, 5) is 0. The maximum atomic E-state index is 10.8. The fourth-order valence-corrected chi connectivity index (χ4v) is 5.71. The molecule has 108 valence electrons. The molecule has 2 heteroatoms. The first kappa shape index (κ1) is 15.1. The first-order chi connectivity index (χ1) is 9.14. The lowest BCUT2D eigenvalue weighted by Gasteiger charge is -2.30. The second-order valence-electron chi connectivity index (χ2n) is 7.41. The monoisotopic (exact) mass is 286 g/mol. The van der Waals surface area contributed by atoms with Gasteiger partial charge in [0, 0.05) is 0 Å². The Kier molecular flexibility index (Phi) is 3.72. The van der Waals surface area contributed by atoms with Gasteiger partial charge in [0.2, 0.25) is 0 Å². The van der Waals surface area contributed by atoms with Crippen LogP contribution in [0, 0.1) is 6.92 Å². The Morgan fingerprint density at radius 2 is 1.80 bits per heavy atom. The van der Waals surface area contributed by atoms with Crippen LogP contribution in [-0.2, 0) is 5.41 Å². The predicted molar refractivity (Wildman–Crippen MR) is 90.5 cm³/mol. The summed E-state index contributed by atoms with van der Waals surface area (Å²) in [6, 6.07) is 4.32. The summed E-state index contributed by atoms with van der Waals surface area (Å²) in [5, 5.41) is 13.5. The van der Waals surface area contributed by atoms with Crippen LogP contribution in [0.15, 0.2) is 35.6 Å². The molecule has 0 atom stereocenters. The van der Waals surface area contributed by atoms with Crippen molar-refractivity contribution in [3.05, 3.63) is 46.7 Å². The van der Waals surface area contributed by atoms with Gasteiger partial charge >= 0.3 is 0 Å². The van der Waals surface area contributed by atoms with Gasteiger partial charge in [0.25, 0.3) is 0 Å². The molecule has 1 N–H and O–H groups in total. The Balaban J connectivity index is 2.60. The zero-order valence-electron chi connectivity index (χ0n) is 13.5. The van der Waals surface area contributed by atoms with Crippen molar-refractivity contribution in [3.8, 4) is 5.75 Å². The van der Waals surface area contributed by atoms with Crippen LogP contribution in [-0.4, -0.2) is 13.2 Å². The van der Waals surface area contributed by atoms with Crippen LogP contribution in [0.3, 0.4) is 0 Å². The highest BCUT2D eigenvalue weighted by atomic mass is 28.3. The first-order valence-corrected chi connectivity index (χ1v) is 10.3. The summed E-state index contributed by atoms with van der Waals surface area (Å²) in [6.07, 6.45) is 7.63. The number of phenols is 1. The van der Waals surface area contributed by atoms with E-state index in [0.29, 0.717) is 5.75 Å². The van der Waals surface area contributed by atoms with Crippen molar-refractivity contribution in [2.24, 2.45) is 0 Å². The topological polar surface area (TPSA) is 20.2 Å². The minimum Gasteiger partial charge on any atom is -0.508 e. The summed E-state index contributed by atoms with van der Waals surface area (Å²) in [6.45, 7) is 13.3. The standard InChI is InChI=1S/C18H26OSi/c1-13-11-15(18(2,3)4)17(19)16(12-13)20(5,6)14-9-7-8-10-14/h7-9,11-12,19H,10H2,1-6H3. The quantitative estimate of drug-likeness (QED) is 0.802. The van der Waals surface area contributed by atoms with Crippen LogP contribution < -0.4 is 5.19 Å². The molecule has 0 heterocycles. The molecule has 2 rings (SSSR count). The maximum absolute atomic E-state index is 10.8. The van der Waals surface area contributed by atoms with E-state index >= 15 is 0 Å². The highest BCUT2D eigenvalue weighted by Gasteiger charge is 2.33. The van der Waals surface area contributed by atoms with Gasteiger partial charge in [-0.05, 0) is 29.5 Å². The molecule has 0 saturated carbocycles. The molecule has 1 aliphatic carbocycles. The summed E-state index contributed by atoms with van der Waals surface area (Å²) in [5.41, 5.74) is 2.28. The highest BCUT2D eigenvalue weighted by molar-refractivity contribution is 6.96. The van der Waals surface area contributed by atoms with E-state index in [1.807, 2.05) is 0 Å². The molecule has 1 aliphatic rings. The van der Waals surface area contributed by atoms with Gasteiger partial charge in [-0.1, -0.05) is 75.0 Å². The van der Waals surface area contributed by atoms with E-state index < -0.39 is 8.07 Å². The average Bonchev–Trinajstić information content (AvgIpc) is 2.84. The number of hydrogen-bond acceptors (Lipinski definition) is 1.